The first-order chi connectivity index (χ1) is 13.0. The molecule has 0 N–H and O–H groups in total. The molecule has 0 radical (unpaired) electrons. The smallest absolute Gasteiger partial charge is 0.221 e. The van der Waals surface area contributed by atoms with Gasteiger partial charge in [-0.25, -0.2) is 4.68 Å². The Bertz CT molecular complexity index is 928. The third-order valence-corrected chi connectivity index (χ3v) is 4.81. The summed E-state index contributed by atoms with van der Waals surface area (Å²) in [6.45, 7) is 5.79. The molecule has 6 nitrogen and oxygen atoms in total. The normalized spacial score (nSPS) is 11.3. The van der Waals surface area contributed by atoms with Gasteiger partial charge in [0.2, 0.25) is 4.77 Å². The SMILES string of the molecule is COc1ccc(-n2nnn(CN(C)Cc3ccc(C(C)C)cc3)c2=S)cc1. The molecule has 0 aliphatic heterocycles. The molecule has 0 saturated heterocycles. The zero-order valence-corrected chi connectivity index (χ0v) is 17.0. The van der Waals surface area contributed by atoms with Gasteiger partial charge in [-0.1, -0.05) is 38.1 Å². The van der Waals surface area contributed by atoms with Gasteiger partial charge >= 0.3 is 0 Å². The van der Waals surface area contributed by atoms with Gasteiger partial charge < -0.3 is 4.74 Å². The highest BCUT2D eigenvalue weighted by molar-refractivity contribution is 7.71. The average Bonchev–Trinajstić information content (AvgIpc) is 3.02. The van der Waals surface area contributed by atoms with Gasteiger partial charge in [-0.05, 0) is 71.0 Å². The van der Waals surface area contributed by atoms with Crippen molar-refractivity contribution in [2.45, 2.75) is 33.0 Å². The molecule has 0 saturated carbocycles. The molecule has 3 rings (SSSR count). The first kappa shape index (κ1) is 19.3. The van der Waals surface area contributed by atoms with Crippen molar-refractivity contribution in [3.05, 3.63) is 64.4 Å². The van der Waals surface area contributed by atoms with Crippen molar-refractivity contribution in [2.75, 3.05) is 14.2 Å². The molecule has 27 heavy (non-hydrogen) atoms. The molecule has 0 unspecified atom stereocenters. The zero-order valence-electron chi connectivity index (χ0n) is 16.2. The van der Waals surface area contributed by atoms with Gasteiger partial charge in [-0.3, -0.25) is 4.90 Å². The fourth-order valence-electron chi connectivity index (χ4n) is 2.85. The van der Waals surface area contributed by atoms with Crippen molar-refractivity contribution in [1.29, 1.82) is 0 Å². The molecular weight excluding hydrogens is 358 g/mol. The largest absolute Gasteiger partial charge is 0.497 e. The van der Waals surface area contributed by atoms with Crippen molar-refractivity contribution in [2.24, 2.45) is 0 Å². The molecule has 0 atom stereocenters. The minimum Gasteiger partial charge on any atom is -0.497 e. The second-order valence-corrected chi connectivity index (χ2v) is 7.29. The van der Waals surface area contributed by atoms with Crippen LogP contribution >= 0.6 is 12.2 Å². The second-order valence-electron chi connectivity index (χ2n) is 6.92. The molecule has 0 spiro atoms. The van der Waals surface area contributed by atoms with E-state index in [0.717, 1.165) is 18.0 Å². The van der Waals surface area contributed by atoms with Crippen LogP contribution in [0.25, 0.3) is 5.69 Å². The van der Waals surface area contributed by atoms with Crippen molar-refractivity contribution in [3.8, 4) is 11.4 Å². The molecular formula is C20H25N5OS. The van der Waals surface area contributed by atoms with E-state index in [1.54, 1.807) is 16.5 Å². The second kappa shape index (κ2) is 8.45. The van der Waals surface area contributed by atoms with E-state index >= 15 is 0 Å². The van der Waals surface area contributed by atoms with E-state index in [1.807, 2.05) is 31.3 Å². The van der Waals surface area contributed by atoms with Crippen LogP contribution in [0.4, 0.5) is 0 Å². The summed E-state index contributed by atoms with van der Waals surface area (Å²) in [7, 11) is 3.69. The van der Waals surface area contributed by atoms with Crippen molar-refractivity contribution < 1.29 is 4.74 Å². The standard InChI is InChI=1S/C20H25N5OS/c1-15(2)17-7-5-16(6-8-17)13-23(3)14-24-20(27)25(22-21-24)18-9-11-19(26-4)12-10-18/h5-12,15H,13-14H2,1-4H3. The first-order valence-electron chi connectivity index (χ1n) is 8.92. The number of tetrazole rings is 1. The summed E-state index contributed by atoms with van der Waals surface area (Å²) < 4.78 is 9.12. The van der Waals surface area contributed by atoms with Crippen molar-refractivity contribution >= 4 is 12.2 Å². The highest BCUT2D eigenvalue weighted by Gasteiger charge is 2.09. The molecule has 0 amide bonds. The van der Waals surface area contributed by atoms with E-state index in [2.05, 4.69) is 53.4 Å². The van der Waals surface area contributed by atoms with Gasteiger partial charge in [-0.2, -0.15) is 4.68 Å². The Balaban J connectivity index is 1.68. The lowest BCUT2D eigenvalue weighted by atomic mass is 10.0. The summed E-state index contributed by atoms with van der Waals surface area (Å²) >= 11 is 5.54. The number of benzene rings is 2. The lowest BCUT2D eigenvalue weighted by molar-refractivity contribution is 0.242. The van der Waals surface area contributed by atoms with Gasteiger partial charge in [-0.15, -0.1) is 0 Å². The number of hydrogen-bond acceptors (Lipinski definition) is 5. The minimum absolute atomic E-state index is 0.545. The summed E-state index contributed by atoms with van der Waals surface area (Å²) in [5.41, 5.74) is 3.47. The molecule has 7 heteroatoms. The minimum atomic E-state index is 0.545. The number of ether oxygens (including phenoxy) is 1. The van der Waals surface area contributed by atoms with Crippen LogP contribution in [0.5, 0.6) is 5.75 Å². The Hall–Kier alpha value is -2.51. The van der Waals surface area contributed by atoms with Gasteiger partial charge in [0.05, 0.1) is 19.5 Å². The lowest BCUT2D eigenvalue weighted by Crippen LogP contribution is -2.22. The number of methoxy groups -OCH3 is 1. The van der Waals surface area contributed by atoms with Crippen LogP contribution in [0.2, 0.25) is 0 Å². The number of aromatic nitrogens is 4. The number of rotatable bonds is 7. The Morgan fingerprint density at radius 3 is 2.30 bits per heavy atom. The predicted molar refractivity (Wildman–Crippen MR) is 109 cm³/mol. The van der Waals surface area contributed by atoms with Crippen LogP contribution in [0.3, 0.4) is 0 Å². The van der Waals surface area contributed by atoms with Crippen LogP contribution in [0, 0.1) is 4.77 Å². The molecule has 0 aliphatic rings. The van der Waals surface area contributed by atoms with E-state index in [4.69, 9.17) is 17.0 Å². The molecule has 1 heterocycles. The molecule has 1 aromatic heterocycles. The zero-order chi connectivity index (χ0) is 19.4. The summed E-state index contributed by atoms with van der Waals surface area (Å²) in [6, 6.07) is 16.3. The topological polar surface area (TPSA) is 48.1 Å². The van der Waals surface area contributed by atoms with Gasteiger partial charge in [0.25, 0.3) is 0 Å². The Morgan fingerprint density at radius 1 is 1.04 bits per heavy atom. The van der Waals surface area contributed by atoms with Gasteiger partial charge in [0.1, 0.15) is 5.75 Å². The fourth-order valence-corrected chi connectivity index (χ4v) is 3.08. The molecule has 0 aliphatic carbocycles. The van der Waals surface area contributed by atoms with Crippen LogP contribution in [-0.2, 0) is 13.2 Å². The van der Waals surface area contributed by atoms with E-state index < -0.39 is 0 Å². The first-order valence-corrected chi connectivity index (χ1v) is 9.33. The third-order valence-electron chi connectivity index (χ3n) is 4.43. The Labute approximate surface area is 165 Å². The quantitative estimate of drug-likeness (QED) is 0.577. The van der Waals surface area contributed by atoms with E-state index in [1.165, 1.54) is 11.1 Å². The highest BCUT2D eigenvalue weighted by Crippen LogP contribution is 2.16. The molecule has 142 valence electrons. The monoisotopic (exact) mass is 383 g/mol. The maximum atomic E-state index is 5.54. The van der Waals surface area contributed by atoms with Crippen LogP contribution < -0.4 is 4.74 Å². The van der Waals surface area contributed by atoms with Crippen LogP contribution in [0.15, 0.2) is 48.5 Å². The molecule has 3 aromatic rings. The number of hydrogen-bond donors (Lipinski definition) is 0. The predicted octanol–water partition coefficient (Wildman–Crippen LogP) is 4.02. The summed E-state index contributed by atoms with van der Waals surface area (Å²) in [6.07, 6.45) is 0. The van der Waals surface area contributed by atoms with Gasteiger partial charge in [0.15, 0.2) is 0 Å². The van der Waals surface area contributed by atoms with E-state index in [-0.39, 0.29) is 0 Å². The summed E-state index contributed by atoms with van der Waals surface area (Å²) in [5, 5.41) is 8.40. The third kappa shape index (κ3) is 4.61. The van der Waals surface area contributed by atoms with Gasteiger partial charge in [0, 0.05) is 6.54 Å². The Kier molecular flexibility index (Phi) is 6.03. The molecule has 2 aromatic carbocycles. The number of nitrogens with zero attached hydrogens (tertiary/aromatic N) is 5. The summed E-state index contributed by atoms with van der Waals surface area (Å²) in [4.78, 5) is 2.16. The molecule has 0 bridgehead atoms. The Morgan fingerprint density at radius 2 is 1.70 bits per heavy atom. The highest BCUT2D eigenvalue weighted by atomic mass is 32.1. The van der Waals surface area contributed by atoms with Crippen molar-refractivity contribution in [1.82, 2.24) is 24.7 Å². The molecule has 0 fully saturated rings. The van der Waals surface area contributed by atoms with Crippen LogP contribution in [0.1, 0.15) is 30.9 Å². The maximum absolute atomic E-state index is 5.54. The average molecular weight is 384 g/mol. The fraction of sp³-hybridized carbons (Fsp3) is 0.350. The maximum Gasteiger partial charge on any atom is 0.221 e. The van der Waals surface area contributed by atoms with Crippen molar-refractivity contribution in [3.63, 3.8) is 0 Å². The summed E-state index contributed by atoms with van der Waals surface area (Å²) in [5.74, 6) is 1.34. The van der Waals surface area contributed by atoms with E-state index in [9.17, 15) is 0 Å². The van der Waals surface area contributed by atoms with Crippen LogP contribution in [-0.4, -0.2) is 38.8 Å². The van der Waals surface area contributed by atoms with E-state index in [0.29, 0.717) is 17.4 Å². The lowest BCUT2D eigenvalue weighted by Gasteiger charge is -2.16.